The molecule has 1 aromatic carbocycles. The van der Waals surface area contributed by atoms with Crippen LogP contribution in [0.1, 0.15) is 24.4 Å². The molecule has 0 spiro atoms. The van der Waals surface area contributed by atoms with Gasteiger partial charge in [-0.15, -0.1) is 0 Å². The Hall–Kier alpha value is -2.49. The van der Waals surface area contributed by atoms with Crippen molar-refractivity contribution in [3.63, 3.8) is 0 Å². The van der Waals surface area contributed by atoms with E-state index in [1.807, 2.05) is 23.5 Å². The van der Waals surface area contributed by atoms with Gasteiger partial charge in [0.15, 0.2) is 18.0 Å². The summed E-state index contributed by atoms with van der Waals surface area (Å²) in [6.07, 6.45) is -2.76. The highest BCUT2D eigenvalue weighted by Gasteiger charge is 2.33. The van der Waals surface area contributed by atoms with Gasteiger partial charge < -0.3 is 19.7 Å². The first-order valence-corrected chi connectivity index (χ1v) is 8.70. The Labute approximate surface area is 153 Å². The van der Waals surface area contributed by atoms with Gasteiger partial charge in [0.2, 0.25) is 0 Å². The van der Waals surface area contributed by atoms with Crippen molar-refractivity contribution >= 4 is 11.9 Å². The number of amides is 3. The van der Waals surface area contributed by atoms with E-state index in [-0.39, 0.29) is 12.6 Å². The van der Waals surface area contributed by atoms with E-state index in [1.54, 1.807) is 5.32 Å². The van der Waals surface area contributed by atoms with Gasteiger partial charge in [-0.3, -0.25) is 10.1 Å². The molecule has 0 aromatic heterocycles. The number of carbonyl (C=O) groups excluding carboxylic acids is 2. The Kier molecular flexibility index (Phi) is 5.73. The van der Waals surface area contributed by atoms with E-state index in [0.29, 0.717) is 24.7 Å². The number of benzene rings is 1. The molecule has 0 radical (unpaired) electrons. The SMILES string of the molecule is O=C(C[NH+]1CCC[C@@H]1c1ccc2c(c1)OCCO2)NC(=O)NCC(F)(F)F. The zero-order valence-corrected chi connectivity index (χ0v) is 14.5. The van der Waals surface area contributed by atoms with Crippen molar-refractivity contribution in [3.05, 3.63) is 23.8 Å². The monoisotopic (exact) mass is 388 g/mol. The van der Waals surface area contributed by atoms with Gasteiger partial charge in [0.25, 0.3) is 5.91 Å². The first-order valence-electron chi connectivity index (χ1n) is 8.70. The van der Waals surface area contributed by atoms with Crippen molar-refractivity contribution in [1.82, 2.24) is 10.6 Å². The topological polar surface area (TPSA) is 81.1 Å². The molecule has 3 N–H and O–H groups in total. The number of halogens is 3. The molecular weight excluding hydrogens is 367 g/mol. The van der Waals surface area contributed by atoms with Crippen LogP contribution in [0.5, 0.6) is 11.5 Å². The van der Waals surface area contributed by atoms with Gasteiger partial charge in [0, 0.05) is 18.4 Å². The van der Waals surface area contributed by atoms with Crippen LogP contribution in [0.15, 0.2) is 18.2 Å². The van der Waals surface area contributed by atoms with Crippen molar-refractivity contribution in [2.45, 2.75) is 25.1 Å². The molecule has 10 heteroatoms. The number of hydrogen-bond acceptors (Lipinski definition) is 4. The van der Waals surface area contributed by atoms with E-state index in [2.05, 4.69) is 0 Å². The molecule has 3 rings (SSSR count). The van der Waals surface area contributed by atoms with E-state index in [4.69, 9.17) is 9.47 Å². The molecule has 1 saturated heterocycles. The van der Waals surface area contributed by atoms with Gasteiger partial charge in [-0.1, -0.05) is 0 Å². The van der Waals surface area contributed by atoms with Crippen LogP contribution in [-0.2, 0) is 4.79 Å². The fraction of sp³-hybridized carbons (Fsp3) is 0.529. The molecule has 1 fully saturated rings. The fourth-order valence-electron chi connectivity index (χ4n) is 3.40. The average molecular weight is 388 g/mol. The highest BCUT2D eigenvalue weighted by molar-refractivity contribution is 5.94. The lowest BCUT2D eigenvalue weighted by molar-refractivity contribution is -0.910. The third kappa shape index (κ3) is 5.25. The van der Waals surface area contributed by atoms with Crippen LogP contribution >= 0.6 is 0 Å². The number of ether oxygens (including phenoxy) is 2. The number of likely N-dealkylation sites (tertiary alicyclic amines) is 1. The van der Waals surface area contributed by atoms with Gasteiger partial charge in [-0.25, -0.2) is 4.79 Å². The van der Waals surface area contributed by atoms with Gasteiger partial charge in [0.05, 0.1) is 6.54 Å². The molecule has 2 aliphatic rings. The van der Waals surface area contributed by atoms with Crippen molar-refractivity contribution < 1.29 is 37.1 Å². The van der Waals surface area contributed by atoms with Gasteiger partial charge in [-0.05, 0) is 18.2 Å². The maximum atomic E-state index is 12.1. The van der Waals surface area contributed by atoms with Crippen LogP contribution in [0, 0.1) is 0 Å². The van der Waals surface area contributed by atoms with Crippen molar-refractivity contribution in [3.8, 4) is 11.5 Å². The lowest BCUT2D eigenvalue weighted by atomic mass is 10.0. The summed E-state index contributed by atoms with van der Waals surface area (Å²) in [5, 5.41) is 3.57. The Morgan fingerprint density at radius 3 is 2.67 bits per heavy atom. The molecule has 148 valence electrons. The largest absolute Gasteiger partial charge is 0.486 e. The molecule has 2 heterocycles. The zero-order chi connectivity index (χ0) is 19.4. The van der Waals surface area contributed by atoms with Gasteiger partial charge in [-0.2, -0.15) is 13.2 Å². The number of nitrogens with one attached hydrogen (secondary N) is 3. The van der Waals surface area contributed by atoms with Crippen LogP contribution < -0.4 is 25.0 Å². The van der Waals surface area contributed by atoms with Crippen LogP contribution in [0.4, 0.5) is 18.0 Å². The minimum atomic E-state index is -4.52. The second-order valence-corrected chi connectivity index (χ2v) is 6.53. The minimum Gasteiger partial charge on any atom is -0.486 e. The quantitative estimate of drug-likeness (QED) is 0.705. The Balaban J connectivity index is 1.56. The highest BCUT2D eigenvalue weighted by Crippen LogP contribution is 2.33. The summed E-state index contributed by atoms with van der Waals surface area (Å²) in [5.41, 5.74) is 1.00. The third-order valence-corrected chi connectivity index (χ3v) is 4.54. The number of imide groups is 1. The number of quaternary nitrogens is 1. The molecule has 2 aliphatic heterocycles. The molecule has 0 saturated carbocycles. The molecule has 7 nitrogen and oxygen atoms in total. The summed E-state index contributed by atoms with van der Waals surface area (Å²) >= 11 is 0. The number of hydrogen-bond donors (Lipinski definition) is 3. The van der Waals surface area contributed by atoms with E-state index < -0.39 is 24.7 Å². The first kappa shape index (κ1) is 19.3. The number of fused-ring (bicyclic) bond motifs is 1. The maximum Gasteiger partial charge on any atom is 0.405 e. The number of alkyl halides is 3. The van der Waals surface area contributed by atoms with Gasteiger partial charge in [0.1, 0.15) is 25.8 Å². The zero-order valence-electron chi connectivity index (χ0n) is 14.5. The summed E-state index contributed by atoms with van der Waals surface area (Å²) in [4.78, 5) is 24.4. The molecule has 27 heavy (non-hydrogen) atoms. The normalized spacial score (nSPS) is 21.6. The minimum absolute atomic E-state index is 0.00144. The fourth-order valence-corrected chi connectivity index (χ4v) is 3.40. The van der Waals surface area contributed by atoms with Crippen molar-refractivity contribution in [2.75, 3.05) is 32.8 Å². The van der Waals surface area contributed by atoms with E-state index in [0.717, 1.165) is 29.8 Å². The van der Waals surface area contributed by atoms with Crippen molar-refractivity contribution in [1.29, 1.82) is 0 Å². The smallest absolute Gasteiger partial charge is 0.405 e. The average Bonchev–Trinajstić information content (AvgIpc) is 3.07. The standard InChI is InChI=1S/C17H20F3N3O4/c18-17(19,20)10-21-16(25)22-15(24)9-23-5-1-2-12(23)11-3-4-13-14(8-11)27-7-6-26-13/h3-4,8,12H,1-2,5-7,9-10H2,(H2,21,22,24,25)/p+1/t12-/m1/s1. The second kappa shape index (κ2) is 8.03. The summed E-state index contributed by atoms with van der Waals surface area (Å²) < 4.78 is 47.4. The lowest BCUT2D eigenvalue weighted by Crippen LogP contribution is -3.11. The predicted octanol–water partition coefficient (Wildman–Crippen LogP) is 0.566. The molecule has 1 unspecified atom stereocenters. The number of urea groups is 1. The van der Waals surface area contributed by atoms with Crippen LogP contribution in [0.2, 0.25) is 0 Å². The Morgan fingerprint density at radius 1 is 1.19 bits per heavy atom. The lowest BCUT2D eigenvalue weighted by Gasteiger charge is -2.24. The number of rotatable bonds is 4. The van der Waals surface area contributed by atoms with Crippen LogP contribution in [-0.4, -0.2) is 51.0 Å². The third-order valence-electron chi connectivity index (χ3n) is 4.54. The predicted molar refractivity (Wildman–Crippen MR) is 87.7 cm³/mol. The van der Waals surface area contributed by atoms with E-state index in [1.165, 1.54) is 0 Å². The maximum absolute atomic E-state index is 12.1. The Bertz CT molecular complexity index is 711. The van der Waals surface area contributed by atoms with Gasteiger partial charge >= 0.3 is 12.2 Å². The van der Waals surface area contributed by atoms with E-state index in [9.17, 15) is 22.8 Å². The summed E-state index contributed by atoms with van der Waals surface area (Å²) in [7, 11) is 0. The molecule has 3 amide bonds. The Morgan fingerprint density at radius 2 is 1.93 bits per heavy atom. The summed E-state index contributed by atoms with van der Waals surface area (Å²) in [6, 6.07) is 4.57. The molecule has 2 atom stereocenters. The molecule has 0 aliphatic carbocycles. The highest BCUT2D eigenvalue weighted by atomic mass is 19.4. The molecule has 0 bridgehead atoms. The van der Waals surface area contributed by atoms with Crippen molar-refractivity contribution in [2.24, 2.45) is 0 Å². The number of carbonyl (C=O) groups is 2. The molecule has 1 aromatic rings. The molecular formula is C17H21F3N3O4+. The second-order valence-electron chi connectivity index (χ2n) is 6.53. The van der Waals surface area contributed by atoms with Crippen LogP contribution in [0.3, 0.4) is 0 Å². The summed E-state index contributed by atoms with van der Waals surface area (Å²) in [6.45, 7) is 0.231. The first-order chi connectivity index (χ1) is 12.8. The van der Waals surface area contributed by atoms with Crippen LogP contribution in [0.25, 0.3) is 0 Å². The van der Waals surface area contributed by atoms with E-state index >= 15 is 0 Å². The summed E-state index contributed by atoms with van der Waals surface area (Å²) in [5.74, 6) is 0.735.